The molecule has 0 saturated carbocycles. The van der Waals surface area contributed by atoms with Crippen molar-refractivity contribution in [2.75, 3.05) is 6.61 Å². The number of unbranched alkanes of at least 4 members (excludes halogenated alkanes) is 12. The van der Waals surface area contributed by atoms with Gasteiger partial charge in [0.05, 0.1) is 5.56 Å². The van der Waals surface area contributed by atoms with E-state index in [0.29, 0.717) is 6.42 Å². The van der Waals surface area contributed by atoms with Crippen LogP contribution in [0.25, 0.3) is 0 Å². The van der Waals surface area contributed by atoms with Gasteiger partial charge in [0.15, 0.2) is 23.4 Å². The van der Waals surface area contributed by atoms with Crippen molar-refractivity contribution in [3.8, 4) is 17.2 Å². The number of phenols is 3. The van der Waals surface area contributed by atoms with Gasteiger partial charge in [-0.2, -0.15) is 0 Å². The molecule has 1 heterocycles. The average Bonchev–Trinajstić information content (AvgIpc) is 3.21. The fourth-order valence-corrected chi connectivity index (χ4v) is 4.33. The number of cyclic esters (lactones) is 1. The molecule has 1 aromatic rings. The van der Waals surface area contributed by atoms with E-state index in [1.807, 2.05) is 0 Å². The van der Waals surface area contributed by atoms with Gasteiger partial charge in [-0.15, -0.1) is 0 Å². The molecule has 11 heteroatoms. The number of hydrogen-bond donors (Lipinski definition) is 5. The summed E-state index contributed by atoms with van der Waals surface area (Å²) in [6.07, 6.45) is 12.1. The van der Waals surface area contributed by atoms with Crippen molar-refractivity contribution in [1.82, 2.24) is 0 Å². The summed E-state index contributed by atoms with van der Waals surface area (Å²) in [5.74, 6) is -7.31. The molecule has 224 valence electrons. The van der Waals surface area contributed by atoms with Crippen molar-refractivity contribution in [2.24, 2.45) is 0 Å². The minimum atomic E-state index is -1.64. The number of carbonyl (C=O) groups excluding carboxylic acids is 3. The van der Waals surface area contributed by atoms with Gasteiger partial charge in [-0.05, 0) is 18.6 Å². The predicted octanol–water partition coefficient (Wildman–Crippen LogP) is 5.04. The zero-order valence-corrected chi connectivity index (χ0v) is 23.1. The summed E-state index contributed by atoms with van der Waals surface area (Å²) in [4.78, 5) is 36.3. The number of carbonyl (C=O) groups is 3. The van der Waals surface area contributed by atoms with Gasteiger partial charge < -0.3 is 39.7 Å². The molecular weight excluding hydrogens is 524 g/mol. The second-order valence-corrected chi connectivity index (χ2v) is 10.0. The molecule has 1 aromatic carbocycles. The van der Waals surface area contributed by atoms with Crippen LogP contribution in [0.4, 0.5) is 0 Å². The van der Waals surface area contributed by atoms with Gasteiger partial charge in [-0.25, -0.2) is 9.59 Å². The highest BCUT2D eigenvalue weighted by Gasteiger charge is 2.42. The molecule has 0 aromatic heterocycles. The second kappa shape index (κ2) is 17.3. The summed E-state index contributed by atoms with van der Waals surface area (Å²) in [5.41, 5.74) is -0.426. The van der Waals surface area contributed by atoms with Gasteiger partial charge in [-0.1, -0.05) is 84.0 Å². The van der Waals surface area contributed by atoms with Crippen LogP contribution in [0.3, 0.4) is 0 Å². The lowest BCUT2D eigenvalue weighted by Gasteiger charge is -2.19. The Hall–Kier alpha value is -3.47. The molecule has 0 spiro atoms. The highest BCUT2D eigenvalue weighted by molar-refractivity contribution is 5.94. The smallest absolute Gasteiger partial charge is 0.378 e. The summed E-state index contributed by atoms with van der Waals surface area (Å²) in [5, 5.41) is 48.9. The van der Waals surface area contributed by atoms with Gasteiger partial charge in [0, 0.05) is 6.42 Å². The third-order valence-electron chi connectivity index (χ3n) is 6.68. The van der Waals surface area contributed by atoms with E-state index in [1.165, 1.54) is 57.8 Å². The molecule has 0 unspecified atom stereocenters. The van der Waals surface area contributed by atoms with E-state index < -0.39 is 71.1 Å². The van der Waals surface area contributed by atoms with Gasteiger partial charge in [0.25, 0.3) is 0 Å². The van der Waals surface area contributed by atoms with Crippen LogP contribution < -0.4 is 0 Å². The van der Waals surface area contributed by atoms with Crippen LogP contribution in [-0.2, 0) is 23.8 Å². The summed E-state index contributed by atoms with van der Waals surface area (Å²) < 4.78 is 14.9. The number of aliphatic hydroxyl groups excluding tert-OH is 2. The van der Waals surface area contributed by atoms with E-state index in [0.717, 1.165) is 31.4 Å². The Balaban J connectivity index is 1.67. The van der Waals surface area contributed by atoms with E-state index in [1.54, 1.807) is 0 Å². The number of aliphatic hydroxyl groups is 2. The normalized spacial score (nSPS) is 15.7. The standard InChI is InChI=1S/C29H42O11/c1-2-3-4-5-6-7-8-9-10-11-12-13-14-15-23(33)38-18-22(32)26-27(25(35)29(37)39-26)40-28(36)19-16-20(30)24(34)21(31)17-19/h16-17,22,26,30-32,34-35H,2-15,18H2,1H3/t22-,26+/m0/s1. The molecule has 40 heavy (non-hydrogen) atoms. The molecule has 1 aliphatic rings. The minimum absolute atomic E-state index is 0.158. The molecule has 0 fully saturated rings. The minimum Gasteiger partial charge on any atom is -0.504 e. The van der Waals surface area contributed by atoms with Crippen molar-refractivity contribution >= 4 is 17.9 Å². The van der Waals surface area contributed by atoms with E-state index in [4.69, 9.17) is 14.2 Å². The largest absolute Gasteiger partial charge is 0.504 e. The molecule has 0 aliphatic carbocycles. The van der Waals surface area contributed by atoms with Gasteiger partial charge in [0.2, 0.25) is 11.5 Å². The number of rotatable bonds is 19. The van der Waals surface area contributed by atoms with Crippen LogP contribution in [0.2, 0.25) is 0 Å². The lowest BCUT2D eigenvalue weighted by Crippen LogP contribution is -2.34. The first-order valence-corrected chi connectivity index (χ1v) is 14.1. The zero-order chi connectivity index (χ0) is 29.5. The van der Waals surface area contributed by atoms with Gasteiger partial charge in [-0.3, -0.25) is 4.79 Å². The van der Waals surface area contributed by atoms with Crippen molar-refractivity contribution in [3.05, 3.63) is 29.2 Å². The fraction of sp³-hybridized carbons (Fsp3) is 0.621. The van der Waals surface area contributed by atoms with Crippen LogP contribution in [0, 0.1) is 0 Å². The van der Waals surface area contributed by atoms with Crippen molar-refractivity contribution in [1.29, 1.82) is 0 Å². The molecule has 5 N–H and O–H groups in total. The summed E-state index contributed by atoms with van der Waals surface area (Å²) in [6, 6.07) is 1.58. The molecule has 11 nitrogen and oxygen atoms in total. The maximum absolute atomic E-state index is 12.4. The Kier molecular flexibility index (Phi) is 14.1. The SMILES string of the molecule is CCCCCCCCCCCCCCCC(=O)OC[C@H](O)[C@H]1OC(=O)C(O)=C1OC(=O)c1cc(O)c(O)c(O)c1. The molecule has 0 saturated heterocycles. The Labute approximate surface area is 234 Å². The van der Waals surface area contributed by atoms with Crippen LogP contribution in [0.5, 0.6) is 17.2 Å². The lowest BCUT2D eigenvalue weighted by atomic mass is 10.0. The zero-order valence-electron chi connectivity index (χ0n) is 23.1. The first kappa shape index (κ1) is 32.7. The second-order valence-electron chi connectivity index (χ2n) is 10.0. The summed E-state index contributed by atoms with van der Waals surface area (Å²) >= 11 is 0. The van der Waals surface area contributed by atoms with Crippen LogP contribution in [0.1, 0.15) is 107 Å². The number of aromatic hydroxyl groups is 3. The van der Waals surface area contributed by atoms with Crippen LogP contribution in [-0.4, -0.2) is 62.3 Å². The Bertz CT molecular complexity index is 994. The van der Waals surface area contributed by atoms with Crippen LogP contribution in [0.15, 0.2) is 23.7 Å². The number of ether oxygens (including phenoxy) is 3. The molecular formula is C29H42O11. The fourth-order valence-electron chi connectivity index (χ4n) is 4.33. The van der Waals surface area contributed by atoms with E-state index in [9.17, 15) is 39.9 Å². The van der Waals surface area contributed by atoms with E-state index in [2.05, 4.69) is 6.92 Å². The first-order valence-electron chi connectivity index (χ1n) is 14.1. The molecule has 0 amide bonds. The van der Waals surface area contributed by atoms with E-state index >= 15 is 0 Å². The summed E-state index contributed by atoms with van der Waals surface area (Å²) in [6.45, 7) is 1.64. The molecule has 1 aliphatic heterocycles. The highest BCUT2D eigenvalue weighted by atomic mass is 16.6. The van der Waals surface area contributed by atoms with Crippen molar-refractivity contribution in [2.45, 2.75) is 109 Å². The monoisotopic (exact) mass is 566 g/mol. The topological polar surface area (TPSA) is 180 Å². The maximum Gasteiger partial charge on any atom is 0.378 e. The quantitative estimate of drug-likeness (QED) is 0.0655. The summed E-state index contributed by atoms with van der Waals surface area (Å²) in [7, 11) is 0. The molecule has 0 bridgehead atoms. The number of phenolic OH excluding ortho intramolecular Hbond substituents is 3. The average molecular weight is 567 g/mol. The van der Waals surface area contributed by atoms with Gasteiger partial charge in [0.1, 0.15) is 12.7 Å². The molecule has 0 radical (unpaired) electrons. The Morgan fingerprint density at radius 3 is 1.88 bits per heavy atom. The first-order chi connectivity index (χ1) is 19.1. The maximum atomic E-state index is 12.4. The highest BCUT2D eigenvalue weighted by Crippen LogP contribution is 2.36. The Morgan fingerprint density at radius 2 is 1.35 bits per heavy atom. The number of esters is 3. The van der Waals surface area contributed by atoms with Crippen molar-refractivity contribution < 1.29 is 54.1 Å². The third kappa shape index (κ3) is 10.6. The number of benzene rings is 1. The van der Waals surface area contributed by atoms with Crippen LogP contribution >= 0.6 is 0 Å². The van der Waals surface area contributed by atoms with E-state index in [-0.39, 0.29) is 6.42 Å². The van der Waals surface area contributed by atoms with Gasteiger partial charge >= 0.3 is 17.9 Å². The molecule has 2 atom stereocenters. The Morgan fingerprint density at radius 1 is 0.850 bits per heavy atom. The van der Waals surface area contributed by atoms with Crippen molar-refractivity contribution in [3.63, 3.8) is 0 Å². The lowest BCUT2D eigenvalue weighted by molar-refractivity contribution is -0.154. The predicted molar refractivity (Wildman–Crippen MR) is 144 cm³/mol. The number of hydrogen-bond acceptors (Lipinski definition) is 11. The molecule has 2 rings (SSSR count). The third-order valence-corrected chi connectivity index (χ3v) is 6.68.